The SMILES string of the molecule is CNC(=O)CCCCc1cccc(CCCOC(=O)NC(C)(C)C)c1. The maximum atomic E-state index is 11.6. The van der Waals surface area contributed by atoms with Crippen LogP contribution in [-0.4, -0.2) is 31.2 Å². The molecule has 0 aliphatic heterocycles. The maximum absolute atomic E-state index is 11.6. The summed E-state index contributed by atoms with van der Waals surface area (Å²) in [5.74, 6) is 0.101. The molecule has 5 nitrogen and oxygen atoms in total. The van der Waals surface area contributed by atoms with Gasteiger partial charge in [-0.15, -0.1) is 0 Å². The number of nitrogens with one attached hydrogen (secondary N) is 2. The van der Waals surface area contributed by atoms with Crippen molar-refractivity contribution in [1.82, 2.24) is 10.6 Å². The van der Waals surface area contributed by atoms with Gasteiger partial charge in [0.25, 0.3) is 0 Å². The van der Waals surface area contributed by atoms with E-state index in [1.165, 1.54) is 11.1 Å². The van der Waals surface area contributed by atoms with E-state index in [0.29, 0.717) is 13.0 Å². The van der Waals surface area contributed by atoms with Crippen molar-refractivity contribution in [1.29, 1.82) is 0 Å². The second-order valence-corrected chi connectivity index (χ2v) is 7.31. The number of hydrogen-bond donors (Lipinski definition) is 2. The summed E-state index contributed by atoms with van der Waals surface area (Å²) in [5.41, 5.74) is 2.27. The number of alkyl carbamates (subject to hydrolysis) is 1. The topological polar surface area (TPSA) is 67.4 Å². The quantitative estimate of drug-likeness (QED) is 0.670. The summed E-state index contributed by atoms with van der Waals surface area (Å²) in [5, 5.41) is 5.42. The molecule has 0 spiro atoms. The summed E-state index contributed by atoms with van der Waals surface area (Å²) in [4.78, 5) is 22.8. The Morgan fingerprint density at radius 2 is 1.68 bits per heavy atom. The van der Waals surface area contributed by atoms with E-state index in [9.17, 15) is 9.59 Å². The molecule has 0 radical (unpaired) electrons. The van der Waals surface area contributed by atoms with Crippen LogP contribution in [0.5, 0.6) is 0 Å². The van der Waals surface area contributed by atoms with Gasteiger partial charge in [-0.05, 0) is 64.0 Å². The number of amides is 2. The first-order valence-electron chi connectivity index (χ1n) is 9.03. The van der Waals surface area contributed by atoms with E-state index in [4.69, 9.17) is 4.74 Å². The molecule has 0 saturated heterocycles. The monoisotopic (exact) mass is 348 g/mol. The van der Waals surface area contributed by atoms with Crippen LogP contribution in [0.15, 0.2) is 24.3 Å². The Labute approximate surface area is 151 Å². The smallest absolute Gasteiger partial charge is 0.407 e. The van der Waals surface area contributed by atoms with Gasteiger partial charge in [-0.3, -0.25) is 4.79 Å². The summed E-state index contributed by atoms with van der Waals surface area (Å²) in [6.45, 7) is 6.19. The lowest BCUT2D eigenvalue weighted by Gasteiger charge is -2.19. The van der Waals surface area contributed by atoms with E-state index < -0.39 is 0 Å². The first-order chi connectivity index (χ1) is 11.8. The molecule has 0 fully saturated rings. The van der Waals surface area contributed by atoms with Gasteiger partial charge >= 0.3 is 6.09 Å². The number of rotatable bonds is 9. The predicted octanol–water partition coefficient (Wildman–Crippen LogP) is 3.60. The van der Waals surface area contributed by atoms with E-state index in [2.05, 4.69) is 34.9 Å². The average molecular weight is 348 g/mol. The minimum absolute atomic E-state index is 0.101. The van der Waals surface area contributed by atoms with Gasteiger partial charge in [0.05, 0.1) is 6.61 Å². The van der Waals surface area contributed by atoms with Crippen LogP contribution in [0.1, 0.15) is 57.6 Å². The van der Waals surface area contributed by atoms with Crippen molar-refractivity contribution in [3.63, 3.8) is 0 Å². The zero-order chi connectivity index (χ0) is 18.7. The highest BCUT2D eigenvalue weighted by molar-refractivity contribution is 5.75. The van der Waals surface area contributed by atoms with E-state index in [1.54, 1.807) is 7.05 Å². The normalized spacial score (nSPS) is 11.0. The van der Waals surface area contributed by atoms with Crippen LogP contribution in [0.2, 0.25) is 0 Å². The van der Waals surface area contributed by atoms with Crippen LogP contribution in [0.25, 0.3) is 0 Å². The highest BCUT2D eigenvalue weighted by Crippen LogP contribution is 2.11. The Hall–Kier alpha value is -2.04. The van der Waals surface area contributed by atoms with Crippen LogP contribution in [0.4, 0.5) is 4.79 Å². The standard InChI is InChI=1S/C20H32N2O3/c1-20(2,3)22-19(24)25-14-8-12-17-11-7-10-16(15-17)9-5-6-13-18(23)21-4/h7,10-11,15H,5-6,8-9,12-14H2,1-4H3,(H,21,23)(H,22,24). The highest BCUT2D eigenvalue weighted by Gasteiger charge is 2.14. The molecular formula is C20H32N2O3. The van der Waals surface area contributed by atoms with E-state index in [1.807, 2.05) is 20.8 Å². The lowest BCUT2D eigenvalue weighted by Crippen LogP contribution is -2.41. The molecule has 0 aliphatic carbocycles. The highest BCUT2D eigenvalue weighted by atomic mass is 16.5. The lowest BCUT2D eigenvalue weighted by atomic mass is 10.0. The molecule has 0 bridgehead atoms. The molecule has 0 aliphatic rings. The zero-order valence-corrected chi connectivity index (χ0v) is 16.0. The Morgan fingerprint density at radius 1 is 1.04 bits per heavy atom. The van der Waals surface area contributed by atoms with Gasteiger partial charge in [-0.2, -0.15) is 0 Å². The van der Waals surface area contributed by atoms with Crippen molar-refractivity contribution >= 4 is 12.0 Å². The van der Waals surface area contributed by atoms with Crippen LogP contribution in [-0.2, 0) is 22.4 Å². The van der Waals surface area contributed by atoms with Crippen molar-refractivity contribution in [2.45, 2.75) is 64.8 Å². The Morgan fingerprint density at radius 3 is 2.28 bits per heavy atom. The molecular weight excluding hydrogens is 316 g/mol. The first-order valence-corrected chi connectivity index (χ1v) is 9.03. The van der Waals surface area contributed by atoms with Crippen LogP contribution < -0.4 is 10.6 Å². The fourth-order valence-corrected chi connectivity index (χ4v) is 2.46. The number of ether oxygens (including phenoxy) is 1. The summed E-state index contributed by atoms with van der Waals surface area (Å²) in [6.07, 6.45) is 4.80. The Kier molecular flexibility index (Phi) is 9.03. The molecule has 1 aromatic carbocycles. The lowest BCUT2D eigenvalue weighted by molar-refractivity contribution is -0.120. The van der Waals surface area contributed by atoms with E-state index in [-0.39, 0.29) is 17.5 Å². The van der Waals surface area contributed by atoms with Crippen LogP contribution >= 0.6 is 0 Å². The number of carbonyl (C=O) groups is 2. The summed E-state index contributed by atoms with van der Waals surface area (Å²) in [7, 11) is 1.67. The fourth-order valence-electron chi connectivity index (χ4n) is 2.46. The molecule has 5 heteroatoms. The Bertz CT molecular complexity index is 550. The van der Waals surface area contributed by atoms with Gasteiger partial charge in [0.15, 0.2) is 0 Å². The number of benzene rings is 1. The van der Waals surface area contributed by atoms with Gasteiger partial charge in [0, 0.05) is 19.0 Å². The summed E-state index contributed by atoms with van der Waals surface area (Å²) >= 11 is 0. The molecule has 0 aromatic heterocycles. The first kappa shape index (κ1) is 21.0. The molecule has 1 aromatic rings. The van der Waals surface area contributed by atoms with Gasteiger partial charge < -0.3 is 15.4 Å². The largest absolute Gasteiger partial charge is 0.450 e. The number of carbonyl (C=O) groups excluding carboxylic acids is 2. The van der Waals surface area contributed by atoms with Gasteiger partial charge in [0.2, 0.25) is 5.91 Å². The fraction of sp³-hybridized carbons (Fsp3) is 0.600. The van der Waals surface area contributed by atoms with Crippen molar-refractivity contribution < 1.29 is 14.3 Å². The number of unbranched alkanes of at least 4 members (excludes halogenated alkanes) is 1. The molecule has 2 N–H and O–H groups in total. The second kappa shape index (κ2) is 10.7. The van der Waals surface area contributed by atoms with Gasteiger partial charge in [-0.1, -0.05) is 24.3 Å². The van der Waals surface area contributed by atoms with E-state index >= 15 is 0 Å². The minimum atomic E-state index is -0.364. The third-order valence-corrected chi connectivity index (χ3v) is 3.71. The molecule has 0 heterocycles. The molecule has 1 rings (SSSR count). The summed E-state index contributed by atoms with van der Waals surface area (Å²) in [6, 6.07) is 8.49. The maximum Gasteiger partial charge on any atom is 0.407 e. The van der Waals surface area contributed by atoms with Crippen LogP contribution in [0.3, 0.4) is 0 Å². The zero-order valence-electron chi connectivity index (χ0n) is 16.0. The van der Waals surface area contributed by atoms with Crippen LogP contribution in [0, 0.1) is 0 Å². The van der Waals surface area contributed by atoms with Crippen molar-refractivity contribution in [3.8, 4) is 0 Å². The predicted molar refractivity (Wildman–Crippen MR) is 101 cm³/mol. The molecule has 25 heavy (non-hydrogen) atoms. The summed E-state index contributed by atoms with van der Waals surface area (Å²) < 4.78 is 5.19. The third-order valence-electron chi connectivity index (χ3n) is 3.71. The Balaban J connectivity index is 2.26. The molecule has 0 saturated carbocycles. The minimum Gasteiger partial charge on any atom is -0.450 e. The average Bonchev–Trinajstić information content (AvgIpc) is 2.54. The number of aryl methyl sites for hydroxylation is 2. The third kappa shape index (κ3) is 10.4. The molecule has 0 unspecified atom stereocenters. The van der Waals surface area contributed by atoms with E-state index in [0.717, 1.165) is 32.1 Å². The van der Waals surface area contributed by atoms with Crippen molar-refractivity contribution in [3.05, 3.63) is 35.4 Å². The molecule has 140 valence electrons. The van der Waals surface area contributed by atoms with Gasteiger partial charge in [0.1, 0.15) is 0 Å². The van der Waals surface area contributed by atoms with Gasteiger partial charge in [-0.25, -0.2) is 4.79 Å². The van der Waals surface area contributed by atoms with Crippen molar-refractivity contribution in [2.24, 2.45) is 0 Å². The molecule has 2 amide bonds. The number of hydrogen-bond acceptors (Lipinski definition) is 3. The molecule has 0 atom stereocenters. The second-order valence-electron chi connectivity index (χ2n) is 7.31. The van der Waals surface area contributed by atoms with Crippen molar-refractivity contribution in [2.75, 3.05) is 13.7 Å².